The van der Waals surface area contributed by atoms with Gasteiger partial charge < -0.3 is 10.3 Å². The van der Waals surface area contributed by atoms with Crippen molar-refractivity contribution in [3.63, 3.8) is 0 Å². The first kappa shape index (κ1) is 29.0. The average Bonchev–Trinajstić information content (AvgIpc) is 3.47. The van der Waals surface area contributed by atoms with Gasteiger partial charge in [0.05, 0.1) is 11.0 Å². The van der Waals surface area contributed by atoms with Crippen LogP contribution in [0.2, 0.25) is 0 Å². The molecule has 0 unspecified atom stereocenters. The van der Waals surface area contributed by atoms with Crippen molar-refractivity contribution in [2.24, 2.45) is 5.73 Å². The Hall–Kier alpha value is -5.70. The molecule has 0 saturated carbocycles. The maximum Gasteiger partial charge on any atom is 0.0619 e. The van der Waals surface area contributed by atoms with Crippen molar-refractivity contribution >= 4 is 49.4 Å². The summed E-state index contributed by atoms with van der Waals surface area (Å²) < 4.78 is 2.45. The van der Waals surface area contributed by atoms with Gasteiger partial charge in [-0.3, -0.25) is 0 Å². The molecular formula is C44H36N2. The standard InChI is InChI=1S/C43H31N.CH5N/c1-2-3-5-10-30-15-17-32(18-16-30)34-21-24-39-37(28-34)23-26-41-40-25-22-36(35-20-19-31-11-8-9-12-33(31)27-35)29-42(40)44(43(39)41)38-13-6-4-7-14-38;1-2/h2-29H,1H3;2H2,1H3/b3-2-,10-5+;. The molecule has 2 N–H and O–H groups in total. The molecular weight excluding hydrogens is 556 g/mol. The molecule has 0 amide bonds. The van der Waals surface area contributed by atoms with Crippen molar-refractivity contribution < 1.29 is 0 Å². The molecule has 1 aromatic heterocycles. The molecule has 7 aromatic carbocycles. The smallest absolute Gasteiger partial charge is 0.0619 e. The number of fused-ring (bicyclic) bond motifs is 6. The van der Waals surface area contributed by atoms with Gasteiger partial charge in [0.1, 0.15) is 0 Å². The molecule has 0 fully saturated rings. The highest BCUT2D eigenvalue weighted by atomic mass is 15.0. The molecule has 0 radical (unpaired) electrons. The monoisotopic (exact) mass is 592 g/mol. The number of benzene rings is 7. The molecule has 0 atom stereocenters. The van der Waals surface area contributed by atoms with Crippen molar-refractivity contribution in [3.05, 3.63) is 169 Å². The van der Waals surface area contributed by atoms with E-state index in [1.54, 1.807) is 0 Å². The van der Waals surface area contributed by atoms with Gasteiger partial charge in [-0.05, 0) is 88.3 Å². The predicted molar refractivity (Wildman–Crippen MR) is 201 cm³/mol. The lowest BCUT2D eigenvalue weighted by Crippen LogP contribution is -1.94. The molecule has 0 saturated heterocycles. The largest absolute Gasteiger partial charge is 0.333 e. The highest BCUT2D eigenvalue weighted by Crippen LogP contribution is 2.39. The highest BCUT2D eigenvalue weighted by Gasteiger charge is 2.16. The minimum absolute atomic E-state index is 1.17. The molecule has 8 rings (SSSR count). The van der Waals surface area contributed by atoms with E-state index in [1.165, 1.54) is 83.9 Å². The Labute approximate surface area is 270 Å². The minimum Gasteiger partial charge on any atom is -0.333 e. The summed E-state index contributed by atoms with van der Waals surface area (Å²) in [6.07, 6.45) is 8.30. The topological polar surface area (TPSA) is 30.9 Å². The van der Waals surface area contributed by atoms with Crippen LogP contribution in [0.1, 0.15) is 12.5 Å². The summed E-state index contributed by atoms with van der Waals surface area (Å²) in [6.45, 7) is 2.03. The molecule has 0 aliphatic carbocycles. The number of para-hydroxylation sites is 1. The summed E-state index contributed by atoms with van der Waals surface area (Å²) in [5.41, 5.74) is 14.2. The quantitative estimate of drug-likeness (QED) is 0.198. The number of nitrogens with zero attached hydrogens (tertiary/aromatic N) is 1. The Balaban J connectivity index is 0.00000166. The Morgan fingerprint density at radius 3 is 1.85 bits per heavy atom. The van der Waals surface area contributed by atoms with Gasteiger partial charge in [0, 0.05) is 21.8 Å². The molecule has 0 aliphatic rings. The van der Waals surface area contributed by atoms with Crippen LogP contribution < -0.4 is 5.73 Å². The van der Waals surface area contributed by atoms with E-state index >= 15 is 0 Å². The van der Waals surface area contributed by atoms with Crippen LogP contribution in [0.25, 0.3) is 77.4 Å². The van der Waals surface area contributed by atoms with E-state index in [1.807, 2.05) is 13.0 Å². The van der Waals surface area contributed by atoms with Gasteiger partial charge in [0.25, 0.3) is 0 Å². The number of aromatic nitrogens is 1. The number of hydrogen-bond donors (Lipinski definition) is 1. The van der Waals surface area contributed by atoms with Crippen LogP contribution in [0.4, 0.5) is 0 Å². The number of hydrogen-bond acceptors (Lipinski definition) is 1. The third-order valence-corrected chi connectivity index (χ3v) is 8.68. The third kappa shape index (κ3) is 5.30. The van der Waals surface area contributed by atoms with Crippen molar-refractivity contribution in [2.45, 2.75) is 6.92 Å². The van der Waals surface area contributed by atoms with Gasteiger partial charge in [-0.1, -0.05) is 140 Å². The Morgan fingerprint density at radius 1 is 0.478 bits per heavy atom. The molecule has 2 nitrogen and oxygen atoms in total. The second kappa shape index (κ2) is 12.7. The zero-order valence-corrected chi connectivity index (χ0v) is 26.2. The van der Waals surface area contributed by atoms with Crippen molar-refractivity contribution in [3.8, 4) is 27.9 Å². The Morgan fingerprint density at radius 2 is 1.07 bits per heavy atom. The van der Waals surface area contributed by atoms with Gasteiger partial charge in [-0.25, -0.2) is 0 Å². The summed E-state index contributed by atoms with van der Waals surface area (Å²) in [6, 6.07) is 53.3. The summed E-state index contributed by atoms with van der Waals surface area (Å²) in [4.78, 5) is 0. The fourth-order valence-electron chi connectivity index (χ4n) is 6.47. The van der Waals surface area contributed by atoms with Crippen molar-refractivity contribution in [1.29, 1.82) is 0 Å². The van der Waals surface area contributed by atoms with E-state index in [4.69, 9.17) is 0 Å². The van der Waals surface area contributed by atoms with Crippen LogP contribution in [-0.2, 0) is 0 Å². The SMILES string of the molecule is C/C=C\C=C\c1ccc(-c2ccc3c(ccc4c5ccc(-c6ccc7ccccc7c6)cc5n(-c5ccccc5)c34)c2)cc1.CN. The third-order valence-electron chi connectivity index (χ3n) is 8.68. The first-order valence-corrected chi connectivity index (χ1v) is 15.8. The van der Waals surface area contributed by atoms with Gasteiger partial charge in [-0.15, -0.1) is 0 Å². The molecule has 0 aliphatic heterocycles. The van der Waals surface area contributed by atoms with Gasteiger partial charge >= 0.3 is 0 Å². The van der Waals surface area contributed by atoms with Crippen LogP contribution >= 0.6 is 0 Å². The lowest BCUT2D eigenvalue weighted by molar-refractivity contribution is 1.19. The average molecular weight is 593 g/mol. The summed E-state index contributed by atoms with van der Waals surface area (Å²) >= 11 is 0. The maximum atomic E-state index is 4.50. The molecule has 8 aromatic rings. The van der Waals surface area contributed by atoms with E-state index in [0.717, 1.165) is 0 Å². The zero-order valence-electron chi connectivity index (χ0n) is 26.2. The van der Waals surface area contributed by atoms with Gasteiger partial charge in [0.15, 0.2) is 0 Å². The first-order chi connectivity index (χ1) is 22.8. The lowest BCUT2D eigenvalue weighted by Gasteiger charge is -2.11. The van der Waals surface area contributed by atoms with Crippen LogP contribution in [-0.4, -0.2) is 11.6 Å². The fraction of sp³-hybridized carbons (Fsp3) is 0.0455. The molecule has 1 heterocycles. The fourth-order valence-corrected chi connectivity index (χ4v) is 6.47. The second-order valence-electron chi connectivity index (χ2n) is 11.4. The summed E-state index contributed by atoms with van der Waals surface area (Å²) in [7, 11) is 1.50. The molecule has 2 heteroatoms. The van der Waals surface area contributed by atoms with E-state index in [-0.39, 0.29) is 0 Å². The summed E-state index contributed by atoms with van der Waals surface area (Å²) in [5.74, 6) is 0. The number of allylic oxidation sites excluding steroid dienone is 3. The van der Waals surface area contributed by atoms with E-state index < -0.39 is 0 Å². The second-order valence-corrected chi connectivity index (χ2v) is 11.4. The maximum absolute atomic E-state index is 4.50. The highest BCUT2D eigenvalue weighted by molar-refractivity contribution is 6.19. The van der Waals surface area contributed by atoms with Crippen LogP contribution in [0.3, 0.4) is 0 Å². The van der Waals surface area contributed by atoms with Crippen molar-refractivity contribution in [1.82, 2.24) is 4.57 Å². The molecule has 46 heavy (non-hydrogen) atoms. The Kier molecular flexibility index (Phi) is 8.03. The van der Waals surface area contributed by atoms with Crippen LogP contribution in [0.15, 0.2) is 164 Å². The van der Waals surface area contributed by atoms with Gasteiger partial charge in [-0.2, -0.15) is 0 Å². The first-order valence-electron chi connectivity index (χ1n) is 15.8. The molecule has 0 bridgehead atoms. The minimum atomic E-state index is 1.17. The number of nitrogens with two attached hydrogens (primary N) is 1. The van der Waals surface area contributed by atoms with E-state index in [2.05, 4.69) is 174 Å². The molecule has 222 valence electrons. The van der Waals surface area contributed by atoms with Gasteiger partial charge in [0.2, 0.25) is 0 Å². The lowest BCUT2D eigenvalue weighted by atomic mass is 9.98. The predicted octanol–water partition coefficient (Wildman–Crippen LogP) is 11.6. The van der Waals surface area contributed by atoms with Crippen LogP contribution in [0.5, 0.6) is 0 Å². The summed E-state index contributed by atoms with van der Waals surface area (Å²) in [5, 5.41) is 7.55. The molecule has 0 spiro atoms. The zero-order chi connectivity index (χ0) is 31.5. The number of rotatable bonds is 5. The normalized spacial score (nSPS) is 11.6. The van der Waals surface area contributed by atoms with Crippen LogP contribution in [0, 0.1) is 0 Å². The van der Waals surface area contributed by atoms with E-state index in [9.17, 15) is 0 Å². The Bertz CT molecular complexity index is 2370. The van der Waals surface area contributed by atoms with E-state index in [0.29, 0.717) is 0 Å². The van der Waals surface area contributed by atoms with Crippen molar-refractivity contribution in [2.75, 3.05) is 7.05 Å².